The highest BCUT2D eigenvalue weighted by Gasteiger charge is 2.00. The highest BCUT2D eigenvalue weighted by molar-refractivity contribution is 6.33. The molecule has 0 fully saturated rings. The van der Waals surface area contributed by atoms with Crippen LogP contribution in [0.15, 0.2) is 56.4 Å². The first-order valence-electron chi connectivity index (χ1n) is 6.46. The van der Waals surface area contributed by atoms with Crippen molar-refractivity contribution in [2.75, 3.05) is 0 Å². The lowest BCUT2D eigenvalue weighted by molar-refractivity contribution is 0.564. The molecule has 0 N–H and O–H groups in total. The zero-order valence-electron chi connectivity index (χ0n) is 12.6. The summed E-state index contributed by atoms with van der Waals surface area (Å²) in [6.45, 7) is 0. The summed E-state index contributed by atoms with van der Waals surface area (Å²) in [7, 11) is 0. The second-order valence-corrected chi connectivity index (χ2v) is 4.90. The van der Waals surface area contributed by atoms with Crippen LogP contribution in [0, 0.1) is 0 Å². The third kappa shape index (κ3) is 6.57. The molecule has 0 saturated heterocycles. The van der Waals surface area contributed by atoms with Gasteiger partial charge in [-0.15, -0.1) is 0 Å². The number of halogens is 2. The molecule has 0 saturated carbocycles. The van der Waals surface area contributed by atoms with Crippen LogP contribution in [0.4, 0.5) is 22.7 Å². The Bertz CT molecular complexity index is 918. The molecule has 0 atom stereocenters. The molecule has 0 aromatic heterocycles. The van der Waals surface area contributed by atoms with E-state index in [0.29, 0.717) is 21.4 Å². The largest absolute Gasteiger partial charge is 0.240 e. The second kappa shape index (κ2) is 11.2. The summed E-state index contributed by atoms with van der Waals surface area (Å²) in [6.07, 6.45) is 5.42. The van der Waals surface area contributed by atoms with Gasteiger partial charge in [0.1, 0.15) is 0 Å². The third-order valence-electron chi connectivity index (χ3n) is 2.54. The van der Waals surface area contributed by atoms with Gasteiger partial charge in [0.05, 0.1) is 32.8 Å². The Morgan fingerprint density at radius 2 is 0.923 bits per heavy atom. The maximum atomic E-state index is 9.94. The molecule has 2 rings (SSSR count). The first kappa shape index (κ1) is 20.6. The number of hydrogen-bond acceptors (Lipinski definition) is 8. The fourth-order valence-electron chi connectivity index (χ4n) is 1.52. The SMILES string of the molecule is O=C=Nc1ccc(Cl)c(N=C=O)c1.O=C=Nc1ccc(Cl)c(N=C=O)c1. The van der Waals surface area contributed by atoms with Gasteiger partial charge in [-0.25, -0.2) is 19.2 Å². The average Bonchev–Trinajstić information content (AvgIpc) is 2.62. The van der Waals surface area contributed by atoms with Gasteiger partial charge in [0.25, 0.3) is 0 Å². The molecule has 0 aliphatic rings. The van der Waals surface area contributed by atoms with Gasteiger partial charge >= 0.3 is 0 Å². The van der Waals surface area contributed by atoms with Crippen molar-refractivity contribution >= 4 is 70.3 Å². The van der Waals surface area contributed by atoms with Crippen LogP contribution < -0.4 is 0 Å². The van der Waals surface area contributed by atoms with Crippen molar-refractivity contribution in [2.24, 2.45) is 20.0 Å². The van der Waals surface area contributed by atoms with Crippen LogP contribution in [-0.4, -0.2) is 24.3 Å². The monoisotopic (exact) mass is 388 g/mol. The Kier molecular flexibility index (Phi) is 8.83. The van der Waals surface area contributed by atoms with Gasteiger partial charge in [0, 0.05) is 0 Å². The molecule has 128 valence electrons. The minimum Gasteiger partial charge on any atom is -0.211 e. The summed E-state index contributed by atoms with van der Waals surface area (Å²) in [5.74, 6) is 0. The van der Waals surface area contributed by atoms with Crippen molar-refractivity contribution in [1.29, 1.82) is 0 Å². The van der Waals surface area contributed by atoms with E-state index in [1.54, 1.807) is 0 Å². The fourth-order valence-corrected chi connectivity index (χ4v) is 1.84. The minimum absolute atomic E-state index is 0.230. The predicted molar refractivity (Wildman–Crippen MR) is 94.0 cm³/mol. The van der Waals surface area contributed by atoms with Gasteiger partial charge in [-0.05, 0) is 36.4 Å². The molecule has 0 radical (unpaired) electrons. The molecule has 10 heteroatoms. The predicted octanol–water partition coefficient (Wildman–Crippen LogP) is 4.55. The van der Waals surface area contributed by atoms with Gasteiger partial charge in [0.2, 0.25) is 24.3 Å². The van der Waals surface area contributed by atoms with Crippen LogP contribution in [0.2, 0.25) is 10.0 Å². The van der Waals surface area contributed by atoms with Crippen molar-refractivity contribution < 1.29 is 19.2 Å². The van der Waals surface area contributed by atoms with Gasteiger partial charge in [0.15, 0.2) is 0 Å². The van der Waals surface area contributed by atoms with Crippen molar-refractivity contribution in [2.45, 2.75) is 0 Å². The molecule has 8 nitrogen and oxygen atoms in total. The van der Waals surface area contributed by atoms with Gasteiger partial charge in [-0.2, -0.15) is 20.0 Å². The molecule has 0 aliphatic carbocycles. The number of hydrogen-bond donors (Lipinski definition) is 0. The number of rotatable bonds is 4. The van der Waals surface area contributed by atoms with Crippen molar-refractivity contribution in [1.82, 2.24) is 0 Å². The van der Waals surface area contributed by atoms with Crippen LogP contribution in [0.1, 0.15) is 0 Å². The summed E-state index contributed by atoms with van der Waals surface area (Å²) in [5, 5.41) is 0.599. The van der Waals surface area contributed by atoms with Crippen LogP contribution in [-0.2, 0) is 19.2 Å². The molecule has 0 bridgehead atoms. The van der Waals surface area contributed by atoms with Crippen LogP contribution in [0.25, 0.3) is 0 Å². The maximum absolute atomic E-state index is 9.94. The minimum atomic E-state index is 0.230. The lowest BCUT2D eigenvalue weighted by atomic mass is 10.3. The standard InChI is InChI=1S/2C8H3ClN2O2/c2*9-7-2-1-6(10-4-12)3-8(7)11-5-13/h2*1-3H. The van der Waals surface area contributed by atoms with E-state index >= 15 is 0 Å². The van der Waals surface area contributed by atoms with E-state index < -0.39 is 0 Å². The lowest BCUT2D eigenvalue weighted by Crippen LogP contribution is -1.68. The Labute approximate surface area is 156 Å². The first-order valence-corrected chi connectivity index (χ1v) is 7.22. The molecule has 26 heavy (non-hydrogen) atoms. The van der Waals surface area contributed by atoms with Gasteiger partial charge in [-0.3, -0.25) is 0 Å². The molecule has 2 aromatic rings. The van der Waals surface area contributed by atoms with Gasteiger partial charge in [-0.1, -0.05) is 23.2 Å². The highest BCUT2D eigenvalue weighted by atomic mass is 35.5. The molecular weight excluding hydrogens is 383 g/mol. The zero-order chi connectivity index (χ0) is 19.4. The Morgan fingerprint density at radius 1 is 0.577 bits per heavy atom. The van der Waals surface area contributed by atoms with Gasteiger partial charge < -0.3 is 0 Å². The summed E-state index contributed by atoms with van der Waals surface area (Å²) >= 11 is 11.3. The molecular formula is C16H6Cl2N4O4. The molecule has 0 unspecified atom stereocenters. The lowest BCUT2D eigenvalue weighted by Gasteiger charge is -1.95. The topological polar surface area (TPSA) is 118 Å². The van der Waals surface area contributed by atoms with E-state index in [2.05, 4.69) is 20.0 Å². The number of nitrogens with zero attached hydrogens (tertiary/aromatic N) is 4. The summed E-state index contributed by atoms with van der Waals surface area (Å²) < 4.78 is 0. The first-order chi connectivity index (χ1) is 12.5. The van der Waals surface area contributed by atoms with Crippen LogP contribution in [0.5, 0.6) is 0 Å². The number of aliphatic imine (C=N–C) groups is 4. The van der Waals surface area contributed by atoms with Crippen LogP contribution in [0.3, 0.4) is 0 Å². The average molecular weight is 389 g/mol. The summed E-state index contributed by atoms with van der Waals surface area (Å²) in [4.78, 5) is 53.0. The van der Waals surface area contributed by atoms with E-state index in [-0.39, 0.29) is 11.4 Å². The Morgan fingerprint density at radius 3 is 1.23 bits per heavy atom. The molecule has 0 amide bonds. The summed E-state index contributed by atoms with van der Waals surface area (Å²) in [5.41, 5.74) is 1.14. The normalized spacial score (nSPS) is 8.38. The smallest absolute Gasteiger partial charge is 0.211 e. The summed E-state index contributed by atoms with van der Waals surface area (Å²) in [6, 6.07) is 8.76. The van der Waals surface area contributed by atoms with E-state index in [1.165, 1.54) is 60.7 Å². The van der Waals surface area contributed by atoms with Crippen molar-refractivity contribution in [3.05, 3.63) is 46.4 Å². The second-order valence-electron chi connectivity index (χ2n) is 4.08. The number of carbonyl (C=O) groups excluding carboxylic acids is 4. The van der Waals surface area contributed by atoms with Crippen molar-refractivity contribution in [3.63, 3.8) is 0 Å². The fraction of sp³-hybridized carbons (Fsp3) is 0. The van der Waals surface area contributed by atoms with Crippen LogP contribution >= 0.6 is 23.2 Å². The number of benzene rings is 2. The maximum Gasteiger partial charge on any atom is 0.240 e. The third-order valence-corrected chi connectivity index (χ3v) is 3.18. The Balaban J connectivity index is 0.000000260. The van der Waals surface area contributed by atoms with Crippen molar-refractivity contribution in [3.8, 4) is 0 Å². The molecule has 0 aliphatic heterocycles. The quantitative estimate of drug-likeness (QED) is 0.563. The molecule has 0 spiro atoms. The van der Waals surface area contributed by atoms with E-state index in [0.717, 1.165) is 0 Å². The van der Waals surface area contributed by atoms with E-state index in [9.17, 15) is 19.2 Å². The van der Waals surface area contributed by atoms with E-state index in [4.69, 9.17) is 23.2 Å². The van der Waals surface area contributed by atoms with E-state index in [1.807, 2.05) is 0 Å². The zero-order valence-corrected chi connectivity index (χ0v) is 14.2. The highest BCUT2D eigenvalue weighted by Crippen LogP contribution is 2.29. The Hall–Kier alpha value is -3.46. The molecule has 0 heterocycles. The number of isocyanates is 4. The molecule has 2 aromatic carbocycles.